The first-order valence-corrected chi connectivity index (χ1v) is 10.4. The maximum absolute atomic E-state index is 4.86. The van der Waals surface area contributed by atoms with Crippen LogP contribution >= 0.6 is 15.9 Å². The zero-order valence-corrected chi connectivity index (χ0v) is 17.6. The fraction of sp³-hybridized carbons (Fsp3) is 0.174. The van der Waals surface area contributed by atoms with Crippen LogP contribution in [0.25, 0.3) is 11.3 Å². The van der Waals surface area contributed by atoms with Gasteiger partial charge in [0.2, 0.25) is 5.95 Å². The Labute approximate surface area is 179 Å². The monoisotopic (exact) mass is 447 g/mol. The minimum atomic E-state index is 0.747. The molecule has 4 aromatic rings. The molecule has 0 radical (unpaired) electrons. The molecule has 5 nitrogen and oxygen atoms in total. The first-order valence-electron chi connectivity index (χ1n) is 9.61. The van der Waals surface area contributed by atoms with Gasteiger partial charge in [0, 0.05) is 48.3 Å². The number of aryl methyl sites for hydroxylation is 1. The summed E-state index contributed by atoms with van der Waals surface area (Å²) in [7, 11) is 0. The Morgan fingerprint density at radius 3 is 2.66 bits per heavy atom. The van der Waals surface area contributed by atoms with E-state index >= 15 is 0 Å². The van der Waals surface area contributed by atoms with E-state index in [1.807, 2.05) is 55.2 Å². The lowest BCUT2D eigenvalue weighted by Gasteiger charge is -2.23. The summed E-state index contributed by atoms with van der Waals surface area (Å²) in [4.78, 5) is 15.8. The fourth-order valence-corrected chi connectivity index (χ4v) is 3.69. The van der Waals surface area contributed by atoms with Crippen molar-refractivity contribution in [3.8, 4) is 11.3 Å². The van der Waals surface area contributed by atoms with Crippen LogP contribution in [0.15, 0.2) is 90.1 Å². The largest absolute Gasteiger partial charge is 0.337 e. The molecule has 146 valence electrons. The lowest BCUT2D eigenvalue weighted by molar-refractivity contribution is 0.614. The SMILES string of the molecule is Brc1cccc(CN(CCCn2ccnc2)c2nccc(-c3ccccc3)n2)c1. The number of hydrogen-bond donors (Lipinski definition) is 0. The number of aromatic nitrogens is 4. The van der Waals surface area contributed by atoms with E-state index in [9.17, 15) is 0 Å². The molecule has 29 heavy (non-hydrogen) atoms. The van der Waals surface area contributed by atoms with Crippen LogP contribution < -0.4 is 4.90 Å². The topological polar surface area (TPSA) is 46.8 Å². The molecule has 4 rings (SSSR count). The summed E-state index contributed by atoms with van der Waals surface area (Å²) >= 11 is 3.57. The second-order valence-corrected chi connectivity index (χ2v) is 7.73. The summed E-state index contributed by atoms with van der Waals surface area (Å²) in [5, 5.41) is 0. The molecule has 0 bridgehead atoms. The third-order valence-corrected chi connectivity index (χ3v) is 5.15. The molecule has 0 saturated heterocycles. The van der Waals surface area contributed by atoms with Gasteiger partial charge >= 0.3 is 0 Å². The van der Waals surface area contributed by atoms with Crippen LogP contribution in [-0.2, 0) is 13.1 Å². The second kappa shape index (κ2) is 9.47. The van der Waals surface area contributed by atoms with Crippen molar-refractivity contribution >= 4 is 21.9 Å². The summed E-state index contributed by atoms with van der Waals surface area (Å²) in [6.45, 7) is 2.51. The summed E-state index contributed by atoms with van der Waals surface area (Å²) in [6.07, 6.45) is 8.47. The van der Waals surface area contributed by atoms with Gasteiger partial charge in [-0.2, -0.15) is 0 Å². The maximum Gasteiger partial charge on any atom is 0.226 e. The van der Waals surface area contributed by atoms with Crippen molar-refractivity contribution in [1.29, 1.82) is 0 Å². The Kier molecular flexibility index (Phi) is 6.32. The highest BCUT2D eigenvalue weighted by Crippen LogP contribution is 2.21. The van der Waals surface area contributed by atoms with Crippen molar-refractivity contribution in [2.75, 3.05) is 11.4 Å². The molecule has 0 saturated carbocycles. The van der Waals surface area contributed by atoms with Crippen molar-refractivity contribution in [2.45, 2.75) is 19.5 Å². The van der Waals surface area contributed by atoms with Crippen molar-refractivity contribution < 1.29 is 0 Å². The zero-order valence-electron chi connectivity index (χ0n) is 16.0. The van der Waals surface area contributed by atoms with Gasteiger partial charge in [-0.1, -0.05) is 58.4 Å². The van der Waals surface area contributed by atoms with Gasteiger partial charge in [0.1, 0.15) is 0 Å². The molecule has 2 aromatic heterocycles. The lowest BCUT2D eigenvalue weighted by Crippen LogP contribution is -2.26. The van der Waals surface area contributed by atoms with E-state index in [0.717, 1.165) is 47.7 Å². The molecule has 0 aliphatic heterocycles. The van der Waals surface area contributed by atoms with E-state index in [-0.39, 0.29) is 0 Å². The van der Waals surface area contributed by atoms with Gasteiger partial charge in [-0.25, -0.2) is 15.0 Å². The van der Waals surface area contributed by atoms with Crippen LogP contribution in [0.1, 0.15) is 12.0 Å². The number of rotatable bonds is 8. The van der Waals surface area contributed by atoms with E-state index < -0.39 is 0 Å². The van der Waals surface area contributed by atoms with Crippen LogP contribution in [0.2, 0.25) is 0 Å². The average Bonchev–Trinajstić information content (AvgIpc) is 3.27. The Hall–Kier alpha value is -2.99. The highest BCUT2D eigenvalue weighted by Gasteiger charge is 2.12. The molecule has 2 heterocycles. The zero-order chi connectivity index (χ0) is 19.9. The van der Waals surface area contributed by atoms with Gasteiger partial charge in [-0.3, -0.25) is 0 Å². The van der Waals surface area contributed by atoms with Gasteiger partial charge in [-0.15, -0.1) is 0 Å². The molecule has 0 spiro atoms. The number of halogens is 1. The summed E-state index contributed by atoms with van der Waals surface area (Å²) in [5.41, 5.74) is 3.25. The molecule has 0 aliphatic carbocycles. The highest BCUT2D eigenvalue weighted by molar-refractivity contribution is 9.10. The first kappa shape index (κ1) is 19.3. The number of anilines is 1. The van der Waals surface area contributed by atoms with Crippen molar-refractivity contribution in [2.24, 2.45) is 0 Å². The Balaban J connectivity index is 1.56. The Bertz CT molecular complexity index is 1030. The molecular formula is C23H22BrN5. The van der Waals surface area contributed by atoms with Gasteiger partial charge in [0.15, 0.2) is 0 Å². The van der Waals surface area contributed by atoms with Crippen LogP contribution in [0.3, 0.4) is 0 Å². The standard InChI is InChI=1S/C23H22BrN5/c24-21-9-4-6-19(16-21)17-29(14-5-13-28-15-12-25-18-28)23-26-11-10-22(27-23)20-7-2-1-3-8-20/h1-4,6-12,15-16,18H,5,13-14,17H2. The quantitative estimate of drug-likeness (QED) is 0.372. The molecule has 2 aromatic carbocycles. The average molecular weight is 448 g/mol. The molecule has 0 unspecified atom stereocenters. The highest BCUT2D eigenvalue weighted by atomic mass is 79.9. The molecular weight excluding hydrogens is 426 g/mol. The predicted molar refractivity (Wildman–Crippen MR) is 120 cm³/mol. The molecule has 0 atom stereocenters. The van der Waals surface area contributed by atoms with E-state index in [0.29, 0.717) is 0 Å². The second-order valence-electron chi connectivity index (χ2n) is 6.81. The maximum atomic E-state index is 4.86. The van der Waals surface area contributed by atoms with E-state index in [1.54, 1.807) is 0 Å². The molecule has 6 heteroatoms. The molecule has 0 fully saturated rings. The third kappa shape index (κ3) is 5.29. The van der Waals surface area contributed by atoms with Crippen molar-refractivity contribution in [3.63, 3.8) is 0 Å². The smallest absolute Gasteiger partial charge is 0.226 e. The third-order valence-electron chi connectivity index (χ3n) is 4.66. The minimum Gasteiger partial charge on any atom is -0.337 e. The first-order chi connectivity index (χ1) is 14.3. The van der Waals surface area contributed by atoms with Crippen molar-refractivity contribution in [1.82, 2.24) is 19.5 Å². The summed E-state index contributed by atoms with van der Waals surface area (Å²) in [5.74, 6) is 0.747. The van der Waals surface area contributed by atoms with Gasteiger partial charge in [-0.05, 0) is 30.2 Å². The van der Waals surface area contributed by atoms with Crippen LogP contribution in [0.5, 0.6) is 0 Å². The number of hydrogen-bond acceptors (Lipinski definition) is 4. The van der Waals surface area contributed by atoms with Crippen LogP contribution in [0, 0.1) is 0 Å². The number of imidazole rings is 1. The molecule has 0 amide bonds. The Morgan fingerprint density at radius 2 is 1.86 bits per heavy atom. The van der Waals surface area contributed by atoms with Crippen molar-refractivity contribution in [3.05, 3.63) is 95.6 Å². The lowest BCUT2D eigenvalue weighted by atomic mass is 10.1. The van der Waals surface area contributed by atoms with E-state index in [4.69, 9.17) is 4.98 Å². The number of benzene rings is 2. The number of nitrogens with zero attached hydrogens (tertiary/aromatic N) is 5. The normalized spacial score (nSPS) is 10.8. The summed E-state index contributed by atoms with van der Waals surface area (Å²) < 4.78 is 3.17. The minimum absolute atomic E-state index is 0.747. The summed E-state index contributed by atoms with van der Waals surface area (Å²) in [6, 6.07) is 20.6. The van der Waals surface area contributed by atoms with Gasteiger partial charge in [0.05, 0.1) is 12.0 Å². The fourth-order valence-electron chi connectivity index (χ4n) is 3.24. The van der Waals surface area contributed by atoms with Crippen LogP contribution in [-0.4, -0.2) is 26.1 Å². The van der Waals surface area contributed by atoms with Crippen LogP contribution in [0.4, 0.5) is 5.95 Å². The van der Waals surface area contributed by atoms with E-state index in [2.05, 4.69) is 65.7 Å². The van der Waals surface area contributed by atoms with Gasteiger partial charge < -0.3 is 9.47 Å². The predicted octanol–water partition coefficient (Wildman–Crippen LogP) is 5.20. The van der Waals surface area contributed by atoms with E-state index in [1.165, 1.54) is 5.56 Å². The van der Waals surface area contributed by atoms with Gasteiger partial charge in [0.25, 0.3) is 0 Å². The Morgan fingerprint density at radius 1 is 0.966 bits per heavy atom. The molecule has 0 N–H and O–H groups in total. The molecule has 0 aliphatic rings.